The molecule has 180 valence electrons. The highest BCUT2D eigenvalue weighted by Gasteiger charge is 2.34. The zero-order valence-electron chi connectivity index (χ0n) is 19.7. The molecule has 2 heterocycles. The quantitative estimate of drug-likeness (QED) is 0.384. The summed E-state index contributed by atoms with van der Waals surface area (Å²) in [5.74, 6) is -0.133. The largest absolute Gasteiger partial charge is 0.321 e. The summed E-state index contributed by atoms with van der Waals surface area (Å²) in [6, 6.07) is 6.61. The number of carbonyl (C=O) groups is 2. The number of nitrogens with one attached hydrogen (secondary N) is 2. The van der Waals surface area contributed by atoms with Crippen molar-refractivity contribution in [2.45, 2.75) is 53.5 Å². The summed E-state index contributed by atoms with van der Waals surface area (Å²) < 4.78 is 1.69. The second-order valence-corrected chi connectivity index (χ2v) is 11.6. The van der Waals surface area contributed by atoms with Crippen LogP contribution >= 0.6 is 34.5 Å². The van der Waals surface area contributed by atoms with Gasteiger partial charge in [-0.25, -0.2) is 0 Å². The molecule has 0 saturated carbocycles. The molecule has 9 heteroatoms. The number of halogens is 2. The Kier molecular flexibility index (Phi) is 7.08. The van der Waals surface area contributed by atoms with E-state index in [-0.39, 0.29) is 17.2 Å². The Labute approximate surface area is 213 Å². The highest BCUT2D eigenvalue weighted by Crippen LogP contribution is 2.44. The summed E-state index contributed by atoms with van der Waals surface area (Å²) in [7, 11) is 0. The van der Waals surface area contributed by atoms with Gasteiger partial charge in [-0.05, 0) is 67.3 Å². The first-order valence-electron chi connectivity index (χ1n) is 11.3. The van der Waals surface area contributed by atoms with Gasteiger partial charge in [0.15, 0.2) is 5.69 Å². The molecule has 1 atom stereocenters. The van der Waals surface area contributed by atoms with Crippen molar-refractivity contribution in [1.29, 1.82) is 0 Å². The number of aryl methyl sites for hydroxylation is 1. The summed E-state index contributed by atoms with van der Waals surface area (Å²) in [5.41, 5.74) is 2.45. The molecule has 2 amide bonds. The topological polar surface area (TPSA) is 76.0 Å². The SMILES string of the molecule is CCn1ccc(C(=O)Nc2sc3c(c2C(=O)Nc2ccc(Cl)cc2Cl)CC[C@@H](C(C)(C)C)C3)n1. The zero-order valence-corrected chi connectivity index (χ0v) is 22.0. The van der Waals surface area contributed by atoms with Crippen molar-refractivity contribution in [1.82, 2.24) is 9.78 Å². The Morgan fingerprint density at radius 1 is 1.18 bits per heavy atom. The van der Waals surface area contributed by atoms with Gasteiger partial charge in [-0.15, -0.1) is 11.3 Å². The van der Waals surface area contributed by atoms with Gasteiger partial charge in [-0.2, -0.15) is 5.10 Å². The van der Waals surface area contributed by atoms with Crippen LogP contribution < -0.4 is 10.6 Å². The van der Waals surface area contributed by atoms with Crippen LogP contribution in [0.2, 0.25) is 10.0 Å². The van der Waals surface area contributed by atoms with E-state index in [1.807, 2.05) is 6.92 Å². The van der Waals surface area contributed by atoms with Crippen molar-refractivity contribution in [3.05, 3.63) is 62.2 Å². The highest BCUT2D eigenvalue weighted by molar-refractivity contribution is 7.17. The van der Waals surface area contributed by atoms with E-state index in [4.69, 9.17) is 23.2 Å². The van der Waals surface area contributed by atoms with Crippen LogP contribution in [0, 0.1) is 11.3 Å². The predicted octanol–water partition coefficient (Wildman–Crippen LogP) is 6.93. The summed E-state index contributed by atoms with van der Waals surface area (Å²) in [4.78, 5) is 27.6. The first-order chi connectivity index (χ1) is 16.1. The minimum atomic E-state index is -0.336. The van der Waals surface area contributed by atoms with E-state index in [1.165, 1.54) is 11.3 Å². The molecule has 0 fully saturated rings. The lowest BCUT2D eigenvalue weighted by Gasteiger charge is -2.33. The summed E-state index contributed by atoms with van der Waals surface area (Å²) >= 11 is 13.8. The molecule has 2 aromatic heterocycles. The molecule has 1 aliphatic carbocycles. The maximum atomic E-state index is 13.5. The third-order valence-electron chi connectivity index (χ3n) is 6.32. The van der Waals surface area contributed by atoms with E-state index in [2.05, 4.69) is 36.5 Å². The van der Waals surface area contributed by atoms with Gasteiger partial charge in [0.1, 0.15) is 5.00 Å². The number of fused-ring (bicyclic) bond motifs is 1. The molecule has 0 aliphatic heterocycles. The molecule has 0 spiro atoms. The van der Waals surface area contributed by atoms with Gasteiger partial charge in [0.05, 0.1) is 16.3 Å². The van der Waals surface area contributed by atoms with E-state index < -0.39 is 0 Å². The van der Waals surface area contributed by atoms with E-state index in [0.717, 1.165) is 29.7 Å². The monoisotopic (exact) mass is 518 g/mol. The van der Waals surface area contributed by atoms with Crippen LogP contribution in [0.3, 0.4) is 0 Å². The average molecular weight is 519 g/mol. The van der Waals surface area contributed by atoms with Crippen molar-refractivity contribution in [3.63, 3.8) is 0 Å². The molecule has 34 heavy (non-hydrogen) atoms. The van der Waals surface area contributed by atoms with E-state index in [0.29, 0.717) is 44.5 Å². The molecule has 2 N–H and O–H groups in total. The minimum Gasteiger partial charge on any atom is -0.321 e. The lowest BCUT2D eigenvalue weighted by molar-refractivity contribution is 0.102. The molecule has 3 aromatic rings. The van der Waals surface area contributed by atoms with E-state index in [1.54, 1.807) is 35.1 Å². The summed E-state index contributed by atoms with van der Waals surface area (Å²) in [5, 5.41) is 11.5. The van der Waals surface area contributed by atoms with Crippen LogP contribution in [0.5, 0.6) is 0 Å². The first kappa shape index (κ1) is 24.8. The van der Waals surface area contributed by atoms with Crippen LogP contribution in [0.15, 0.2) is 30.5 Å². The molecule has 6 nitrogen and oxygen atoms in total. The lowest BCUT2D eigenvalue weighted by atomic mass is 9.72. The van der Waals surface area contributed by atoms with Gasteiger partial charge in [0.2, 0.25) is 0 Å². The van der Waals surface area contributed by atoms with Gasteiger partial charge in [0.25, 0.3) is 11.8 Å². The van der Waals surface area contributed by atoms with Gasteiger partial charge >= 0.3 is 0 Å². The van der Waals surface area contributed by atoms with Gasteiger partial charge in [-0.3, -0.25) is 14.3 Å². The Hall–Kier alpha value is -2.35. The number of carbonyl (C=O) groups excluding carboxylic acids is 2. The van der Waals surface area contributed by atoms with Crippen LogP contribution in [0.4, 0.5) is 10.7 Å². The Bertz CT molecular complexity index is 1240. The molecule has 1 aliphatic rings. The van der Waals surface area contributed by atoms with Crippen molar-refractivity contribution in [3.8, 4) is 0 Å². The molecule has 0 bridgehead atoms. The number of benzene rings is 1. The fourth-order valence-corrected chi connectivity index (χ4v) is 6.03. The Morgan fingerprint density at radius 3 is 2.59 bits per heavy atom. The molecule has 0 radical (unpaired) electrons. The number of anilines is 2. The number of nitrogens with zero attached hydrogens (tertiary/aromatic N) is 2. The van der Waals surface area contributed by atoms with Crippen LogP contribution in [0.25, 0.3) is 0 Å². The van der Waals surface area contributed by atoms with Crippen LogP contribution in [-0.2, 0) is 19.4 Å². The van der Waals surface area contributed by atoms with Crippen molar-refractivity contribution < 1.29 is 9.59 Å². The second-order valence-electron chi connectivity index (χ2n) is 9.60. The number of hydrogen-bond donors (Lipinski definition) is 2. The van der Waals surface area contributed by atoms with Gasteiger partial charge < -0.3 is 10.6 Å². The smallest absolute Gasteiger partial charge is 0.276 e. The second kappa shape index (κ2) is 9.72. The minimum absolute atomic E-state index is 0.164. The maximum Gasteiger partial charge on any atom is 0.276 e. The number of aromatic nitrogens is 2. The van der Waals surface area contributed by atoms with Crippen molar-refractivity contribution in [2.24, 2.45) is 11.3 Å². The van der Waals surface area contributed by atoms with Crippen molar-refractivity contribution >= 4 is 57.0 Å². The van der Waals surface area contributed by atoms with Crippen LogP contribution in [0.1, 0.15) is 65.4 Å². The Morgan fingerprint density at radius 2 is 1.94 bits per heavy atom. The van der Waals surface area contributed by atoms with Crippen molar-refractivity contribution in [2.75, 3.05) is 10.6 Å². The number of hydrogen-bond acceptors (Lipinski definition) is 4. The molecular weight excluding hydrogens is 491 g/mol. The number of thiophene rings is 1. The standard InChI is InChI=1S/C25H28Cl2N4O2S/c1-5-31-11-10-19(30-31)22(32)29-24-21(23(33)28-18-9-7-15(26)13-17(18)27)16-8-6-14(25(2,3)4)12-20(16)34-24/h7,9-11,13-14H,5-6,8,12H2,1-4H3,(H,28,33)(H,29,32)/t14-/m1/s1. The van der Waals surface area contributed by atoms with Gasteiger partial charge in [-0.1, -0.05) is 44.0 Å². The highest BCUT2D eigenvalue weighted by atomic mass is 35.5. The normalized spacial score (nSPS) is 15.6. The molecule has 0 unspecified atom stereocenters. The number of amides is 2. The zero-order chi connectivity index (χ0) is 24.6. The third kappa shape index (κ3) is 5.16. The maximum absolute atomic E-state index is 13.5. The fourth-order valence-electron chi connectivity index (χ4n) is 4.26. The predicted molar refractivity (Wildman–Crippen MR) is 140 cm³/mol. The van der Waals surface area contributed by atoms with E-state index >= 15 is 0 Å². The first-order valence-corrected chi connectivity index (χ1v) is 12.9. The molecular formula is C25H28Cl2N4O2S. The molecule has 4 rings (SSSR count). The van der Waals surface area contributed by atoms with E-state index in [9.17, 15) is 9.59 Å². The van der Waals surface area contributed by atoms with Crippen LogP contribution in [-0.4, -0.2) is 21.6 Å². The summed E-state index contributed by atoms with van der Waals surface area (Å²) in [6.45, 7) is 9.37. The fraction of sp³-hybridized carbons (Fsp3) is 0.400. The molecule has 1 aromatic carbocycles. The van der Waals surface area contributed by atoms with Gasteiger partial charge in [0, 0.05) is 22.6 Å². The lowest BCUT2D eigenvalue weighted by Crippen LogP contribution is -2.27. The molecule has 0 saturated heterocycles. The average Bonchev–Trinajstić information content (AvgIpc) is 3.39. The Balaban J connectivity index is 1.68. The summed E-state index contributed by atoms with van der Waals surface area (Å²) in [6.07, 6.45) is 4.42. The number of rotatable bonds is 5. The third-order valence-corrected chi connectivity index (χ3v) is 8.04.